The molecule has 3 aromatic carbocycles. The highest BCUT2D eigenvalue weighted by atomic mass is 16.5. The number of carboxylic acid groups (broad SMARTS) is 1. The van der Waals surface area contributed by atoms with Crippen LogP contribution in [0, 0.1) is 0 Å². The van der Waals surface area contributed by atoms with Crippen LogP contribution in [-0.2, 0) is 7.05 Å². The molecule has 0 saturated carbocycles. The third kappa shape index (κ3) is 2.00. The summed E-state index contributed by atoms with van der Waals surface area (Å²) in [4.78, 5) is 12.0. The molecular weight excluding hydrogens is 302 g/mol. The Labute approximate surface area is 138 Å². The highest BCUT2D eigenvalue weighted by Crippen LogP contribution is 2.30. The number of aromatic carboxylic acids is 1. The van der Waals surface area contributed by atoms with Gasteiger partial charge >= 0.3 is 5.97 Å². The molecule has 0 amide bonds. The Balaban J connectivity index is 2.28. The third-order valence-corrected chi connectivity index (χ3v) is 4.54. The van der Waals surface area contributed by atoms with Gasteiger partial charge in [-0.1, -0.05) is 24.3 Å². The average Bonchev–Trinajstić information content (AvgIpc) is 2.60. The molecule has 4 nitrogen and oxygen atoms in total. The van der Waals surface area contributed by atoms with Gasteiger partial charge in [0.2, 0.25) is 11.0 Å². The maximum Gasteiger partial charge on any atom is 0.337 e. The SMILES string of the molecule is COc1ccc2c(c1)c(C(=O)O)c1cc3ccccc3cc1[n+]2C. The van der Waals surface area contributed by atoms with E-state index < -0.39 is 5.97 Å². The van der Waals surface area contributed by atoms with E-state index >= 15 is 0 Å². The summed E-state index contributed by atoms with van der Waals surface area (Å²) in [6.07, 6.45) is 0. The Hall–Kier alpha value is -3.14. The first-order valence-corrected chi connectivity index (χ1v) is 7.65. The van der Waals surface area contributed by atoms with Crippen molar-refractivity contribution in [2.24, 2.45) is 7.05 Å². The molecule has 1 heterocycles. The zero-order valence-corrected chi connectivity index (χ0v) is 13.4. The van der Waals surface area contributed by atoms with Crippen molar-refractivity contribution in [3.63, 3.8) is 0 Å². The smallest absolute Gasteiger partial charge is 0.337 e. The van der Waals surface area contributed by atoms with E-state index in [9.17, 15) is 9.90 Å². The van der Waals surface area contributed by atoms with Crippen LogP contribution >= 0.6 is 0 Å². The Morgan fingerprint density at radius 3 is 2.29 bits per heavy atom. The molecule has 0 radical (unpaired) electrons. The van der Waals surface area contributed by atoms with Crippen molar-refractivity contribution < 1.29 is 19.2 Å². The second-order valence-corrected chi connectivity index (χ2v) is 5.84. The largest absolute Gasteiger partial charge is 0.497 e. The van der Waals surface area contributed by atoms with Crippen LogP contribution in [-0.4, -0.2) is 18.2 Å². The second kappa shape index (κ2) is 5.20. The van der Waals surface area contributed by atoms with Crippen LogP contribution in [0.4, 0.5) is 0 Å². The number of hydrogen-bond donors (Lipinski definition) is 1. The predicted molar refractivity (Wildman–Crippen MR) is 93.6 cm³/mol. The summed E-state index contributed by atoms with van der Waals surface area (Å²) in [5.41, 5.74) is 2.06. The normalized spacial score (nSPS) is 11.2. The summed E-state index contributed by atoms with van der Waals surface area (Å²) >= 11 is 0. The molecule has 0 saturated heterocycles. The number of rotatable bonds is 2. The highest BCUT2D eigenvalue weighted by molar-refractivity contribution is 6.14. The molecule has 0 atom stereocenters. The molecule has 118 valence electrons. The number of methoxy groups -OCH3 is 1. The monoisotopic (exact) mass is 318 g/mol. The van der Waals surface area contributed by atoms with Crippen molar-refractivity contribution in [1.29, 1.82) is 0 Å². The van der Waals surface area contributed by atoms with E-state index in [4.69, 9.17) is 4.74 Å². The van der Waals surface area contributed by atoms with Crippen molar-refractivity contribution in [3.05, 3.63) is 60.2 Å². The van der Waals surface area contributed by atoms with E-state index in [1.54, 1.807) is 13.2 Å². The quantitative estimate of drug-likeness (QED) is 0.453. The lowest BCUT2D eigenvalue weighted by Gasteiger charge is -2.09. The first-order valence-electron chi connectivity index (χ1n) is 7.65. The number of nitrogens with zero attached hydrogens (tertiary/aromatic N) is 1. The number of hydrogen-bond acceptors (Lipinski definition) is 2. The van der Waals surface area contributed by atoms with Gasteiger partial charge in [-0.15, -0.1) is 0 Å². The molecule has 4 rings (SSSR count). The van der Waals surface area contributed by atoms with Crippen LogP contribution in [0.5, 0.6) is 5.75 Å². The molecule has 4 aromatic rings. The summed E-state index contributed by atoms with van der Waals surface area (Å²) in [6, 6.07) is 17.5. The molecule has 0 spiro atoms. The number of aromatic nitrogens is 1. The number of ether oxygens (including phenoxy) is 1. The van der Waals surface area contributed by atoms with E-state index in [1.165, 1.54) is 0 Å². The van der Waals surface area contributed by atoms with E-state index in [0.717, 1.165) is 27.2 Å². The molecule has 0 unspecified atom stereocenters. The summed E-state index contributed by atoms with van der Waals surface area (Å²) < 4.78 is 7.31. The first kappa shape index (κ1) is 14.5. The molecule has 4 heteroatoms. The fourth-order valence-corrected chi connectivity index (χ4v) is 3.35. The van der Waals surface area contributed by atoms with Crippen LogP contribution in [0.1, 0.15) is 10.4 Å². The summed E-state index contributed by atoms with van der Waals surface area (Å²) in [6.45, 7) is 0. The zero-order valence-electron chi connectivity index (χ0n) is 13.4. The summed E-state index contributed by atoms with van der Waals surface area (Å²) in [5.74, 6) is -0.292. The molecule has 24 heavy (non-hydrogen) atoms. The van der Waals surface area contributed by atoms with E-state index in [-0.39, 0.29) is 0 Å². The Kier molecular flexibility index (Phi) is 3.13. The lowest BCUT2D eigenvalue weighted by Crippen LogP contribution is -2.31. The fraction of sp³-hybridized carbons (Fsp3) is 0.100. The van der Waals surface area contributed by atoms with Gasteiger partial charge in [0.05, 0.1) is 23.4 Å². The molecule has 0 fully saturated rings. The summed E-state index contributed by atoms with van der Waals surface area (Å²) in [7, 11) is 3.54. The molecular formula is C20H16NO3+. The highest BCUT2D eigenvalue weighted by Gasteiger charge is 2.23. The van der Waals surface area contributed by atoms with E-state index in [2.05, 4.69) is 0 Å². The van der Waals surface area contributed by atoms with Crippen LogP contribution in [0.3, 0.4) is 0 Å². The molecule has 0 bridgehead atoms. The van der Waals surface area contributed by atoms with E-state index in [1.807, 2.05) is 60.1 Å². The van der Waals surface area contributed by atoms with Gasteiger partial charge in [-0.3, -0.25) is 0 Å². The van der Waals surface area contributed by atoms with Gasteiger partial charge in [-0.25, -0.2) is 4.79 Å². The minimum absolute atomic E-state index is 0.308. The third-order valence-electron chi connectivity index (χ3n) is 4.54. The van der Waals surface area contributed by atoms with Gasteiger partial charge in [0.1, 0.15) is 12.8 Å². The molecule has 1 aromatic heterocycles. The van der Waals surface area contributed by atoms with Gasteiger partial charge in [-0.2, -0.15) is 4.57 Å². The fourth-order valence-electron chi connectivity index (χ4n) is 3.35. The molecule has 0 aliphatic rings. The second-order valence-electron chi connectivity index (χ2n) is 5.84. The van der Waals surface area contributed by atoms with Gasteiger partial charge in [-0.05, 0) is 29.0 Å². The van der Waals surface area contributed by atoms with Crippen LogP contribution in [0.2, 0.25) is 0 Å². The number of carboxylic acids is 1. The maximum absolute atomic E-state index is 12.0. The number of aryl methyl sites for hydroxylation is 1. The lowest BCUT2D eigenvalue weighted by atomic mass is 9.98. The minimum atomic E-state index is -0.936. The van der Waals surface area contributed by atoms with Crippen molar-refractivity contribution >= 4 is 38.5 Å². The number of carbonyl (C=O) groups is 1. The predicted octanol–water partition coefficient (Wildman–Crippen LogP) is 3.68. The average molecular weight is 318 g/mol. The number of pyridine rings is 1. The van der Waals surface area contributed by atoms with Crippen molar-refractivity contribution in [1.82, 2.24) is 0 Å². The zero-order chi connectivity index (χ0) is 16.8. The Morgan fingerprint density at radius 1 is 0.958 bits per heavy atom. The Morgan fingerprint density at radius 2 is 1.62 bits per heavy atom. The van der Waals surface area contributed by atoms with Crippen molar-refractivity contribution in [2.45, 2.75) is 0 Å². The minimum Gasteiger partial charge on any atom is -0.497 e. The summed E-state index contributed by atoms with van der Waals surface area (Å²) in [5, 5.41) is 13.4. The van der Waals surface area contributed by atoms with Gasteiger partial charge in [0, 0.05) is 12.1 Å². The van der Waals surface area contributed by atoms with Crippen LogP contribution in [0.15, 0.2) is 54.6 Å². The number of fused-ring (bicyclic) bond motifs is 3. The maximum atomic E-state index is 12.0. The molecule has 0 aliphatic carbocycles. The Bertz CT molecular complexity index is 1130. The van der Waals surface area contributed by atoms with Crippen LogP contribution < -0.4 is 9.30 Å². The molecule has 1 N–H and O–H groups in total. The van der Waals surface area contributed by atoms with E-state index in [0.29, 0.717) is 16.7 Å². The lowest BCUT2D eigenvalue weighted by molar-refractivity contribution is -0.617. The van der Waals surface area contributed by atoms with Crippen molar-refractivity contribution in [2.75, 3.05) is 7.11 Å². The van der Waals surface area contributed by atoms with Gasteiger partial charge in [0.15, 0.2) is 0 Å². The topological polar surface area (TPSA) is 50.4 Å². The van der Waals surface area contributed by atoms with Gasteiger partial charge in [0.25, 0.3) is 0 Å². The van der Waals surface area contributed by atoms with Gasteiger partial charge < -0.3 is 9.84 Å². The standard InChI is InChI=1S/C20H15NO3/c1-21-17-8-7-14(24-2)11-16(17)19(20(22)23)15-9-12-5-3-4-6-13(12)10-18(15)21/h3-11H,1-2H3/p+1. The molecule has 0 aliphatic heterocycles. The van der Waals surface area contributed by atoms with Crippen molar-refractivity contribution in [3.8, 4) is 5.75 Å². The first-order chi connectivity index (χ1) is 11.6. The number of benzene rings is 3. The van der Waals surface area contributed by atoms with Crippen LogP contribution in [0.25, 0.3) is 32.6 Å².